The minimum Gasteiger partial charge on any atom is -0.487 e. The molecule has 1 amide bonds. The highest BCUT2D eigenvalue weighted by Crippen LogP contribution is 2.37. The largest absolute Gasteiger partial charge is 0.487 e. The molecule has 0 saturated carbocycles. The number of likely N-dealkylation sites (tertiary alicyclic amines) is 1. The van der Waals surface area contributed by atoms with E-state index in [0.29, 0.717) is 13.0 Å². The van der Waals surface area contributed by atoms with Gasteiger partial charge in [-0.1, -0.05) is 11.2 Å². The van der Waals surface area contributed by atoms with Crippen molar-refractivity contribution < 1.29 is 23.0 Å². The van der Waals surface area contributed by atoms with Gasteiger partial charge in [0.1, 0.15) is 0 Å². The number of carbonyl (C=O) groups excluding carboxylic acids is 1. The summed E-state index contributed by atoms with van der Waals surface area (Å²) in [7, 11) is 0. The third-order valence-electron chi connectivity index (χ3n) is 4.19. The molecule has 1 aromatic rings. The van der Waals surface area contributed by atoms with E-state index in [1.807, 2.05) is 0 Å². The number of azide groups is 1. The van der Waals surface area contributed by atoms with Gasteiger partial charge in [0.25, 0.3) is 0 Å². The molecule has 1 aliphatic heterocycles. The first-order chi connectivity index (χ1) is 12.3. The summed E-state index contributed by atoms with van der Waals surface area (Å²) in [4.78, 5) is 16.3. The number of hydrogen-bond acceptors (Lipinski definition) is 4. The van der Waals surface area contributed by atoms with E-state index in [0.717, 1.165) is 5.56 Å². The van der Waals surface area contributed by atoms with E-state index in [1.54, 1.807) is 30.9 Å². The average molecular weight is 368 g/mol. The fourth-order valence-electron chi connectivity index (χ4n) is 3.17. The normalized spacial score (nSPS) is 19.6. The van der Waals surface area contributed by atoms with Gasteiger partial charge in [0.15, 0.2) is 11.5 Å². The van der Waals surface area contributed by atoms with E-state index in [2.05, 4.69) is 14.8 Å². The van der Waals surface area contributed by atoms with E-state index in [9.17, 15) is 13.6 Å². The van der Waals surface area contributed by atoms with Crippen molar-refractivity contribution in [2.75, 3.05) is 13.1 Å². The Labute approximate surface area is 150 Å². The third kappa shape index (κ3) is 4.98. The van der Waals surface area contributed by atoms with Crippen LogP contribution in [0.5, 0.6) is 11.5 Å². The first kappa shape index (κ1) is 19.8. The van der Waals surface area contributed by atoms with Crippen LogP contribution in [0, 0.1) is 0 Å². The molecule has 0 unspecified atom stereocenters. The SMILES string of the molecule is CC(=O)N1C[C@H](c2ccc(OC(F)F)c(OC(C)C)c2)C[C@@H]1CN=[N+]=[N-]. The molecular formula is C17H22F2N4O3. The maximum atomic E-state index is 12.6. The van der Waals surface area contributed by atoms with Crippen LogP contribution in [0.2, 0.25) is 0 Å². The van der Waals surface area contributed by atoms with Crippen molar-refractivity contribution in [1.29, 1.82) is 0 Å². The number of carbonyl (C=O) groups is 1. The average Bonchev–Trinajstić information content (AvgIpc) is 2.98. The molecule has 1 saturated heterocycles. The zero-order valence-corrected chi connectivity index (χ0v) is 14.9. The summed E-state index contributed by atoms with van der Waals surface area (Å²) in [6.45, 7) is 2.79. The number of halogens is 2. The Balaban J connectivity index is 2.26. The number of amides is 1. The smallest absolute Gasteiger partial charge is 0.387 e. The highest BCUT2D eigenvalue weighted by atomic mass is 19.3. The van der Waals surface area contributed by atoms with Crippen molar-refractivity contribution in [3.63, 3.8) is 0 Å². The van der Waals surface area contributed by atoms with Crippen LogP contribution < -0.4 is 9.47 Å². The second kappa shape index (κ2) is 8.71. The summed E-state index contributed by atoms with van der Waals surface area (Å²) in [5, 5.41) is 3.58. The Morgan fingerprint density at radius 3 is 2.69 bits per heavy atom. The summed E-state index contributed by atoms with van der Waals surface area (Å²) >= 11 is 0. The van der Waals surface area contributed by atoms with Crippen LogP contribution in [-0.2, 0) is 4.79 Å². The van der Waals surface area contributed by atoms with Crippen molar-refractivity contribution >= 4 is 5.91 Å². The Kier molecular flexibility index (Phi) is 6.63. The van der Waals surface area contributed by atoms with Gasteiger partial charge in [-0.2, -0.15) is 8.78 Å². The zero-order valence-electron chi connectivity index (χ0n) is 14.9. The van der Waals surface area contributed by atoms with Crippen LogP contribution >= 0.6 is 0 Å². The van der Waals surface area contributed by atoms with Crippen LogP contribution in [-0.4, -0.2) is 42.7 Å². The highest BCUT2D eigenvalue weighted by molar-refractivity contribution is 5.74. The van der Waals surface area contributed by atoms with Crippen LogP contribution in [0.1, 0.15) is 38.7 Å². The summed E-state index contributed by atoms with van der Waals surface area (Å²) in [5.74, 6) is 0.116. The Hall–Kier alpha value is -2.54. The molecule has 0 radical (unpaired) electrons. The molecule has 0 aliphatic carbocycles. The first-order valence-corrected chi connectivity index (χ1v) is 8.35. The lowest BCUT2D eigenvalue weighted by molar-refractivity contribution is -0.129. The van der Waals surface area contributed by atoms with Crippen molar-refractivity contribution in [3.05, 3.63) is 34.2 Å². The number of ether oxygens (including phenoxy) is 2. The molecule has 0 aromatic heterocycles. The van der Waals surface area contributed by atoms with Gasteiger partial charge < -0.3 is 14.4 Å². The van der Waals surface area contributed by atoms with Crippen LogP contribution in [0.25, 0.3) is 10.4 Å². The molecule has 1 aliphatic rings. The lowest BCUT2D eigenvalue weighted by Crippen LogP contribution is -2.35. The first-order valence-electron chi connectivity index (χ1n) is 8.35. The van der Waals surface area contributed by atoms with Crippen molar-refractivity contribution in [2.45, 2.75) is 51.9 Å². The molecule has 1 heterocycles. The maximum absolute atomic E-state index is 12.6. The number of benzene rings is 1. The van der Waals surface area contributed by atoms with E-state index in [-0.39, 0.29) is 42.0 Å². The van der Waals surface area contributed by atoms with Crippen LogP contribution in [0.15, 0.2) is 23.3 Å². The topological polar surface area (TPSA) is 87.5 Å². The lowest BCUT2D eigenvalue weighted by Gasteiger charge is -2.21. The van der Waals surface area contributed by atoms with E-state index >= 15 is 0 Å². The molecule has 0 spiro atoms. The van der Waals surface area contributed by atoms with E-state index in [4.69, 9.17) is 10.3 Å². The van der Waals surface area contributed by atoms with E-state index in [1.165, 1.54) is 13.0 Å². The van der Waals surface area contributed by atoms with Crippen LogP contribution in [0.4, 0.5) is 8.78 Å². The molecule has 9 heteroatoms. The van der Waals surface area contributed by atoms with Crippen LogP contribution in [0.3, 0.4) is 0 Å². The minimum atomic E-state index is -2.94. The van der Waals surface area contributed by atoms with E-state index < -0.39 is 6.61 Å². The summed E-state index contributed by atoms with van der Waals surface area (Å²) in [5.41, 5.74) is 9.38. The van der Waals surface area contributed by atoms with Gasteiger partial charge in [-0.15, -0.1) is 0 Å². The molecular weight excluding hydrogens is 346 g/mol. The Morgan fingerprint density at radius 2 is 2.12 bits per heavy atom. The molecule has 1 aromatic carbocycles. The molecule has 1 fully saturated rings. The number of nitrogens with zero attached hydrogens (tertiary/aromatic N) is 4. The summed E-state index contributed by atoms with van der Waals surface area (Å²) in [6.07, 6.45) is 0.412. The number of hydrogen-bond donors (Lipinski definition) is 0. The molecule has 2 atom stereocenters. The fourth-order valence-corrected chi connectivity index (χ4v) is 3.17. The Bertz CT molecular complexity index is 693. The quantitative estimate of drug-likeness (QED) is 0.412. The molecule has 0 N–H and O–H groups in total. The third-order valence-corrected chi connectivity index (χ3v) is 4.19. The van der Waals surface area contributed by atoms with Crippen molar-refractivity contribution in [3.8, 4) is 11.5 Å². The maximum Gasteiger partial charge on any atom is 0.387 e. The minimum absolute atomic E-state index is 0.00657. The molecule has 142 valence electrons. The van der Waals surface area contributed by atoms with Gasteiger partial charge in [-0.05, 0) is 43.5 Å². The zero-order chi connectivity index (χ0) is 19.3. The van der Waals surface area contributed by atoms with Crippen molar-refractivity contribution in [2.24, 2.45) is 5.11 Å². The second-order valence-corrected chi connectivity index (χ2v) is 6.42. The van der Waals surface area contributed by atoms with Gasteiger partial charge in [-0.3, -0.25) is 4.79 Å². The fraction of sp³-hybridized carbons (Fsp3) is 0.588. The molecule has 26 heavy (non-hydrogen) atoms. The van der Waals surface area contributed by atoms with Gasteiger partial charge in [0.05, 0.1) is 6.10 Å². The Morgan fingerprint density at radius 1 is 1.38 bits per heavy atom. The molecule has 7 nitrogen and oxygen atoms in total. The van der Waals surface area contributed by atoms with Gasteiger partial charge in [0, 0.05) is 36.9 Å². The van der Waals surface area contributed by atoms with Gasteiger partial charge in [0.2, 0.25) is 5.91 Å². The lowest BCUT2D eigenvalue weighted by atomic mass is 9.96. The predicted octanol–water partition coefficient (Wildman–Crippen LogP) is 4.09. The molecule has 0 bridgehead atoms. The monoisotopic (exact) mass is 368 g/mol. The summed E-state index contributed by atoms with van der Waals surface area (Å²) in [6, 6.07) is 4.65. The number of alkyl halides is 2. The van der Waals surface area contributed by atoms with Gasteiger partial charge >= 0.3 is 6.61 Å². The summed E-state index contributed by atoms with van der Waals surface area (Å²) < 4.78 is 35.3. The molecule has 2 rings (SSSR count). The number of rotatable bonds is 7. The predicted molar refractivity (Wildman–Crippen MR) is 91.4 cm³/mol. The van der Waals surface area contributed by atoms with Gasteiger partial charge in [-0.25, -0.2) is 0 Å². The highest BCUT2D eigenvalue weighted by Gasteiger charge is 2.34. The van der Waals surface area contributed by atoms with Crippen molar-refractivity contribution in [1.82, 2.24) is 4.90 Å². The second-order valence-electron chi connectivity index (χ2n) is 6.42. The standard InChI is InChI=1S/C17H22F2N4O3/c1-10(2)25-16-7-12(4-5-15(16)26-17(18)19)13-6-14(8-21-22-20)23(9-13)11(3)24/h4-5,7,10,13-14,17H,6,8-9H2,1-3H3/t13-,14-/m1/s1.